The summed E-state index contributed by atoms with van der Waals surface area (Å²) in [5.41, 5.74) is 0. The van der Waals surface area contributed by atoms with Gasteiger partial charge >= 0.3 is 0 Å². The van der Waals surface area contributed by atoms with Crippen molar-refractivity contribution in [1.82, 2.24) is 20.1 Å². The van der Waals surface area contributed by atoms with Crippen LogP contribution in [0.1, 0.15) is 51.8 Å². The molecule has 1 aromatic heterocycles. The van der Waals surface area contributed by atoms with Crippen LogP contribution in [0.4, 0.5) is 0 Å². The van der Waals surface area contributed by atoms with Crippen LogP contribution in [0.15, 0.2) is 0 Å². The molecule has 0 bridgehead atoms. The monoisotopic (exact) mass is 224 g/mol. The zero-order valence-corrected chi connectivity index (χ0v) is 11.1. The van der Waals surface area contributed by atoms with Crippen molar-refractivity contribution >= 4 is 0 Å². The maximum absolute atomic E-state index is 4.24. The summed E-state index contributed by atoms with van der Waals surface area (Å²) in [7, 11) is 0. The van der Waals surface area contributed by atoms with Gasteiger partial charge in [0.25, 0.3) is 0 Å². The van der Waals surface area contributed by atoms with Crippen LogP contribution in [0.3, 0.4) is 0 Å². The summed E-state index contributed by atoms with van der Waals surface area (Å²) in [6.07, 6.45) is 2.11. The second-order valence-electron chi connectivity index (χ2n) is 4.84. The first-order valence-corrected chi connectivity index (χ1v) is 6.16. The first kappa shape index (κ1) is 13.2. The Kier molecular flexibility index (Phi) is 4.93. The maximum Gasteiger partial charge on any atom is 0.133 e. The number of aryl methyl sites for hydroxylation is 2. The molecule has 0 amide bonds. The van der Waals surface area contributed by atoms with E-state index in [1.54, 1.807) is 0 Å². The van der Waals surface area contributed by atoms with Crippen LogP contribution < -0.4 is 5.32 Å². The zero-order valence-electron chi connectivity index (χ0n) is 11.1. The van der Waals surface area contributed by atoms with Gasteiger partial charge in [0.2, 0.25) is 0 Å². The van der Waals surface area contributed by atoms with E-state index in [2.05, 4.69) is 47.8 Å². The van der Waals surface area contributed by atoms with E-state index in [1.165, 1.54) is 0 Å². The van der Waals surface area contributed by atoms with Gasteiger partial charge in [-0.05, 0) is 33.7 Å². The molecule has 0 radical (unpaired) electrons. The van der Waals surface area contributed by atoms with E-state index in [4.69, 9.17) is 0 Å². The summed E-state index contributed by atoms with van der Waals surface area (Å²) in [6, 6.07) is 1.01. The topological polar surface area (TPSA) is 42.7 Å². The lowest BCUT2D eigenvalue weighted by atomic mass is 10.2. The Morgan fingerprint density at radius 1 is 1.19 bits per heavy atom. The fourth-order valence-corrected chi connectivity index (χ4v) is 1.89. The highest BCUT2D eigenvalue weighted by atomic mass is 15.3. The number of nitrogens with zero attached hydrogens (tertiary/aromatic N) is 3. The average Bonchev–Trinajstić information content (AvgIpc) is 2.54. The Morgan fingerprint density at radius 2 is 1.88 bits per heavy atom. The van der Waals surface area contributed by atoms with E-state index in [0.717, 1.165) is 31.0 Å². The second-order valence-corrected chi connectivity index (χ2v) is 4.84. The summed E-state index contributed by atoms with van der Waals surface area (Å²) < 4.78 is 2.22. The Hall–Kier alpha value is -0.900. The number of aromatic nitrogens is 3. The van der Waals surface area contributed by atoms with Crippen molar-refractivity contribution in [2.75, 3.05) is 6.54 Å². The van der Waals surface area contributed by atoms with Crippen molar-refractivity contribution in [3.63, 3.8) is 0 Å². The van der Waals surface area contributed by atoms with Crippen LogP contribution in [0.25, 0.3) is 0 Å². The van der Waals surface area contributed by atoms with Gasteiger partial charge in [-0.2, -0.15) is 0 Å². The first-order chi connectivity index (χ1) is 7.52. The molecule has 0 spiro atoms. The molecule has 1 heterocycles. The van der Waals surface area contributed by atoms with Crippen molar-refractivity contribution in [1.29, 1.82) is 0 Å². The molecule has 0 atom stereocenters. The lowest BCUT2D eigenvalue weighted by molar-refractivity contribution is 0.528. The van der Waals surface area contributed by atoms with Gasteiger partial charge in [-0.15, -0.1) is 10.2 Å². The van der Waals surface area contributed by atoms with Crippen molar-refractivity contribution in [3.05, 3.63) is 11.6 Å². The van der Waals surface area contributed by atoms with Gasteiger partial charge in [0.15, 0.2) is 0 Å². The van der Waals surface area contributed by atoms with E-state index in [-0.39, 0.29) is 0 Å². The quantitative estimate of drug-likeness (QED) is 0.752. The third kappa shape index (κ3) is 3.59. The van der Waals surface area contributed by atoms with Crippen LogP contribution >= 0.6 is 0 Å². The lowest BCUT2D eigenvalue weighted by Crippen LogP contribution is -2.24. The Bertz CT molecular complexity index is 315. The molecular weight excluding hydrogens is 200 g/mol. The molecule has 4 heteroatoms. The molecular formula is C12H24N4. The molecule has 16 heavy (non-hydrogen) atoms. The molecule has 4 nitrogen and oxygen atoms in total. The van der Waals surface area contributed by atoms with E-state index in [9.17, 15) is 0 Å². The molecule has 0 aliphatic heterocycles. The number of hydrogen-bond donors (Lipinski definition) is 1. The molecule has 1 rings (SSSR count). The highest BCUT2D eigenvalue weighted by Crippen LogP contribution is 2.11. The van der Waals surface area contributed by atoms with Gasteiger partial charge in [-0.3, -0.25) is 0 Å². The summed E-state index contributed by atoms with van der Waals surface area (Å²) >= 11 is 0. The average molecular weight is 224 g/mol. The molecule has 92 valence electrons. The van der Waals surface area contributed by atoms with Crippen molar-refractivity contribution in [2.45, 2.75) is 59.5 Å². The third-order valence-corrected chi connectivity index (χ3v) is 2.58. The number of nitrogens with one attached hydrogen (secondary N) is 1. The van der Waals surface area contributed by atoms with Crippen LogP contribution in [-0.4, -0.2) is 27.4 Å². The first-order valence-electron chi connectivity index (χ1n) is 6.16. The van der Waals surface area contributed by atoms with Crippen LogP contribution in [-0.2, 0) is 6.42 Å². The molecule has 0 saturated carbocycles. The minimum atomic E-state index is 0.447. The molecule has 0 saturated heterocycles. The standard InChI is InChI=1S/C12H24N4/c1-9(2)13-8-6-7-12-15-14-11(5)16(12)10(3)4/h9-10,13H,6-8H2,1-5H3. The Labute approximate surface area is 98.5 Å². The maximum atomic E-state index is 4.24. The fourth-order valence-electron chi connectivity index (χ4n) is 1.89. The minimum absolute atomic E-state index is 0.447. The van der Waals surface area contributed by atoms with Crippen LogP contribution in [0.5, 0.6) is 0 Å². The summed E-state index contributed by atoms with van der Waals surface area (Å²) in [6.45, 7) is 11.7. The Morgan fingerprint density at radius 3 is 2.44 bits per heavy atom. The van der Waals surface area contributed by atoms with E-state index in [0.29, 0.717) is 12.1 Å². The zero-order chi connectivity index (χ0) is 12.1. The highest BCUT2D eigenvalue weighted by Gasteiger charge is 2.10. The SMILES string of the molecule is Cc1nnc(CCCNC(C)C)n1C(C)C. The smallest absolute Gasteiger partial charge is 0.133 e. The molecule has 0 fully saturated rings. The van der Waals surface area contributed by atoms with Gasteiger partial charge in [0, 0.05) is 18.5 Å². The predicted octanol–water partition coefficient (Wildman–Crippen LogP) is 2.10. The molecule has 0 aliphatic carbocycles. The van der Waals surface area contributed by atoms with E-state index < -0.39 is 0 Å². The van der Waals surface area contributed by atoms with Crippen LogP contribution in [0, 0.1) is 6.92 Å². The normalized spacial score (nSPS) is 11.7. The Balaban J connectivity index is 2.48. The molecule has 1 aromatic rings. The van der Waals surface area contributed by atoms with Gasteiger partial charge in [0.05, 0.1) is 0 Å². The molecule has 1 N–H and O–H groups in total. The summed E-state index contributed by atoms with van der Waals surface area (Å²) in [5, 5.41) is 11.8. The van der Waals surface area contributed by atoms with Gasteiger partial charge in [-0.1, -0.05) is 13.8 Å². The third-order valence-electron chi connectivity index (χ3n) is 2.58. The molecule has 0 aliphatic rings. The van der Waals surface area contributed by atoms with Crippen molar-refractivity contribution in [2.24, 2.45) is 0 Å². The predicted molar refractivity (Wildman–Crippen MR) is 66.6 cm³/mol. The second kappa shape index (κ2) is 5.99. The van der Waals surface area contributed by atoms with Crippen LogP contribution in [0.2, 0.25) is 0 Å². The molecule has 0 unspecified atom stereocenters. The molecule has 0 aromatic carbocycles. The van der Waals surface area contributed by atoms with Gasteiger partial charge < -0.3 is 9.88 Å². The minimum Gasteiger partial charge on any atom is -0.315 e. The highest BCUT2D eigenvalue weighted by molar-refractivity contribution is 4.96. The number of rotatable bonds is 6. The van der Waals surface area contributed by atoms with E-state index >= 15 is 0 Å². The van der Waals surface area contributed by atoms with Gasteiger partial charge in [0.1, 0.15) is 11.6 Å². The largest absolute Gasteiger partial charge is 0.315 e. The van der Waals surface area contributed by atoms with Crippen molar-refractivity contribution < 1.29 is 0 Å². The lowest BCUT2D eigenvalue weighted by Gasteiger charge is -2.12. The van der Waals surface area contributed by atoms with E-state index in [1.807, 2.05) is 6.92 Å². The summed E-state index contributed by atoms with van der Waals surface area (Å²) in [4.78, 5) is 0. The van der Waals surface area contributed by atoms with Gasteiger partial charge in [-0.25, -0.2) is 0 Å². The summed E-state index contributed by atoms with van der Waals surface area (Å²) in [5.74, 6) is 2.12. The fraction of sp³-hybridized carbons (Fsp3) is 0.833. The number of hydrogen-bond acceptors (Lipinski definition) is 3. The van der Waals surface area contributed by atoms with Crippen molar-refractivity contribution in [3.8, 4) is 0 Å².